The van der Waals surface area contributed by atoms with Crippen LogP contribution in [0.2, 0.25) is 0 Å². The molecule has 3 atom stereocenters. The molecule has 1 saturated carbocycles. The van der Waals surface area contributed by atoms with Crippen LogP contribution in [0.1, 0.15) is 40.0 Å². The smallest absolute Gasteiger partial charge is 0.0388 e. The molecule has 1 aliphatic carbocycles. The van der Waals surface area contributed by atoms with E-state index < -0.39 is 0 Å². The highest BCUT2D eigenvalue weighted by molar-refractivity contribution is 4.77. The number of hydrogen-bond donors (Lipinski definition) is 0. The van der Waals surface area contributed by atoms with E-state index in [1.54, 1.807) is 0 Å². The van der Waals surface area contributed by atoms with E-state index in [0.29, 0.717) is 0 Å². The standard InChI is InChI=1S/C9H18/c1-4-9-6-7(2)5-8(9)3/h7-9H,4-6H2,1-3H3/t7-,8+,9-/m0/s1. The van der Waals surface area contributed by atoms with E-state index in [9.17, 15) is 0 Å². The van der Waals surface area contributed by atoms with Crippen molar-refractivity contribution < 1.29 is 0 Å². The Bertz CT molecular complexity index is 86.0. The molecule has 0 aliphatic heterocycles. The van der Waals surface area contributed by atoms with E-state index in [1.807, 2.05) is 0 Å². The Hall–Kier alpha value is 0. The molecule has 1 fully saturated rings. The van der Waals surface area contributed by atoms with Crippen LogP contribution in [0.3, 0.4) is 0 Å². The third-order valence-corrected chi connectivity index (χ3v) is 2.81. The van der Waals surface area contributed by atoms with Crippen LogP contribution in [0.4, 0.5) is 0 Å². The van der Waals surface area contributed by atoms with Crippen LogP contribution in [0.15, 0.2) is 0 Å². The van der Waals surface area contributed by atoms with Gasteiger partial charge in [0, 0.05) is 0 Å². The number of rotatable bonds is 1. The fraction of sp³-hybridized carbons (Fsp3) is 1.00. The van der Waals surface area contributed by atoms with E-state index in [2.05, 4.69) is 20.8 Å². The van der Waals surface area contributed by atoms with E-state index in [1.165, 1.54) is 19.3 Å². The normalized spacial score (nSPS) is 43.7. The molecular formula is C9H18. The van der Waals surface area contributed by atoms with Crippen molar-refractivity contribution in [2.75, 3.05) is 0 Å². The Labute approximate surface area is 58.7 Å². The highest BCUT2D eigenvalue weighted by atomic mass is 14.3. The first kappa shape index (κ1) is 7.11. The molecule has 0 spiro atoms. The molecule has 0 radical (unpaired) electrons. The van der Waals surface area contributed by atoms with Crippen LogP contribution >= 0.6 is 0 Å². The monoisotopic (exact) mass is 126 g/mol. The van der Waals surface area contributed by atoms with E-state index in [0.717, 1.165) is 17.8 Å². The molecule has 0 nitrogen and oxygen atoms in total. The largest absolute Gasteiger partial charge is 0.0651 e. The van der Waals surface area contributed by atoms with Gasteiger partial charge >= 0.3 is 0 Å². The second kappa shape index (κ2) is 2.72. The van der Waals surface area contributed by atoms with Crippen molar-refractivity contribution in [2.45, 2.75) is 40.0 Å². The first-order valence-electron chi connectivity index (χ1n) is 4.24. The molecule has 9 heavy (non-hydrogen) atoms. The number of hydrogen-bond acceptors (Lipinski definition) is 0. The van der Waals surface area contributed by atoms with Crippen molar-refractivity contribution >= 4 is 0 Å². The maximum atomic E-state index is 2.40. The molecule has 1 aliphatic rings. The molecule has 0 amide bonds. The molecule has 0 aromatic rings. The minimum absolute atomic E-state index is 1.00. The molecule has 0 unspecified atom stereocenters. The lowest BCUT2D eigenvalue weighted by Gasteiger charge is -2.10. The Morgan fingerprint density at radius 3 is 2.11 bits per heavy atom. The predicted molar refractivity (Wildman–Crippen MR) is 41.3 cm³/mol. The van der Waals surface area contributed by atoms with E-state index in [4.69, 9.17) is 0 Å². The van der Waals surface area contributed by atoms with Crippen LogP contribution in [-0.4, -0.2) is 0 Å². The van der Waals surface area contributed by atoms with Crippen LogP contribution in [-0.2, 0) is 0 Å². The predicted octanol–water partition coefficient (Wildman–Crippen LogP) is 3.08. The average molecular weight is 126 g/mol. The minimum Gasteiger partial charge on any atom is -0.0651 e. The molecule has 54 valence electrons. The van der Waals surface area contributed by atoms with Gasteiger partial charge in [-0.25, -0.2) is 0 Å². The van der Waals surface area contributed by atoms with Gasteiger partial charge in [0.05, 0.1) is 0 Å². The van der Waals surface area contributed by atoms with Crippen molar-refractivity contribution in [3.8, 4) is 0 Å². The highest BCUT2D eigenvalue weighted by Gasteiger charge is 2.26. The van der Waals surface area contributed by atoms with Crippen molar-refractivity contribution in [1.29, 1.82) is 0 Å². The Morgan fingerprint density at radius 1 is 1.22 bits per heavy atom. The molecule has 0 N–H and O–H groups in total. The zero-order valence-electron chi connectivity index (χ0n) is 6.85. The molecule has 1 rings (SSSR count). The van der Waals surface area contributed by atoms with Crippen molar-refractivity contribution in [1.82, 2.24) is 0 Å². The van der Waals surface area contributed by atoms with Crippen molar-refractivity contribution in [2.24, 2.45) is 17.8 Å². The molecule has 0 aromatic heterocycles. The summed E-state index contributed by atoms with van der Waals surface area (Å²) in [4.78, 5) is 0. The van der Waals surface area contributed by atoms with Gasteiger partial charge in [-0.1, -0.05) is 27.2 Å². The molecular weight excluding hydrogens is 108 g/mol. The first-order chi connectivity index (χ1) is 4.24. The van der Waals surface area contributed by atoms with Gasteiger partial charge in [0.25, 0.3) is 0 Å². The van der Waals surface area contributed by atoms with Gasteiger partial charge in [0.15, 0.2) is 0 Å². The van der Waals surface area contributed by atoms with E-state index in [-0.39, 0.29) is 0 Å². The molecule has 0 aromatic carbocycles. The van der Waals surface area contributed by atoms with E-state index >= 15 is 0 Å². The Morgan fingerprint density at radius 2 is 1.89 bits per heavy atom. The Balaban J connectivity index is 2.38. The highest BCUT2D eigenvalue weighted by Crippen LogP contribution is 2.37. The van der Waals surface area contributed by atoms with Crippen molar-refractivity contribution in [3.63, 3.8) is 0 Å². The summed E-state index contributed by atoms with van der Waals surface area (Å²) < 4.78 is 0. The van der Waals surface area contributed by atoms with Crippen molar-refractivity contribution in [3.05, 3.63) is 0 Å². The van der Waals surface area contributed by atoms with Crippen LogP contribution in [0.25, 0.3) is 0 Å². The maximum absolute atomic E-state index is 2.40. The third-order valence-electron chi connectivity index (χ3n) is 2.81. The topological polar surface area (TPSA) is 0 Å². The van der Waals surface area contributed by atoms with Crippen LogP contribution < -0.4 is 0 Å². The van der Waals surface area contributed by atoms with Gasteiger partial charge in [0.1, 0.15) is 0 Å². The van der Waals surface area contributed by atoms with Gasteiger partial charge in [0.2, 0.25) is 0 Å². The van der Waals surface area contributed by atoms with Gasteiger partial charge < -0.3 is 0 Å². The van der Waals surface area contributed by atoms with Gasteiger partial charge in [-0.2, -0.15) is 0 Å². The lowest BCUT2D eigenvalue weighted by Crippen LogP contribution is -2.00. The second-order valence-corrected chi connectivity index (χ2v) is 3.72. The van der Waals surface area contributed by atoms with Gasteiger partial charge in [-0.15, -0.1) is 0 Å². The summed E-state index contributed by atoms with van der Waals surface area (Å²) in [5.41, 5.74) is 0. The molecule has 0 heterocycles. The lowest BCUT2D eigenvalue weighted by molar-refractivity contribution is 0.406. The zero-order chi connectivity index (χ0) is 6.85. The second-order valence-electron chi connectivity index (χ2n) is 3.72. The first-order valence-corrected chi connectivity index (χ1v) is 4.24. The van der Waals surface area contributed by atoms with Crippen LogP contribution in [0, 0.1) is 17.8 Å². The molecule has 0 bridgehead atoms. The SMILES string of the molecule is CC[C@H]1C[C@@H](C)C[C@H]1C. The summed E-state index contributed by atoms with van der Waals surface area (Å²) in [6.07, 6.45) is 4.35. The Kier molecular flexibility index (Phi) is 2.15. The summed E-state index contributed by atoms with van der Waals surface area (Å²) in [7, 11) is 0. The lowest BCUT2D eigenvalue weighted by atomic mass is 9.96. The average Bonchev–Trinajstić information content (AvgIpc) is 2.10. The zero-order valence-corrected chi connectivity index (χ0v) is 6.85. The summed E-state index contributed by atoms with van der Waals surface area (Å²) >= 11 is 0. The summed E-state index contributed by atoms with van der Waals surface area (Å²) in [5.74, 6) is 3.05. The molecule has 0 heteroatoms. The molecule has 0 saturated heterocycles. The summed E-state index contributed by atoms with van der Waals surface area (Å²) in [5, 5.41) is 0. The van der Waals surface area contributed by atoms with Gasteiger partial charge in [-0.05, 0) is 30.6 Å². The van der Waals surface area contributed by atoms with Crippen LogP contribution in [0.5, 0.6) is 0 Å². The summed E-state index contributed by atoms with van der Waals surface area (Å²) in [6, 6.07) is 0. The van der Waals surface area contributed by atoms with Gasteiger partial charge in [-0.3, -0.25) is 0 Å². The maximum Gasteiger partial charge on any atom is -0.0388 e. The quantitative estimate of drug-likeness (QED) is 0.506. The fourth-order valence-electron chi connectivity index (χ4n) is 2.24. The third kappa shape index (κ3) is 1.47. The summed E-state index contributed by atoms with van der Waals surface area (Å²) in [6.45, 7) is 7.10. The minimum atomic E-state index is 1.00. The fourth-order valence-corrected chi connectivity index (χ4v) is 2.24.